The molecule has 2 aromatic rings. The molecule has 1 aromatic carbocycles. The van der Waals surface area contributed by atoms with Gasteiger partial charge in [0.05, 0.1) is 11.1 Å². The maximum absolute atomic E-state index is 12.1. The quantitative estimate of drug-likeness (QED) is 0.925. The van der Waals surface area contributed by atoms with Crippen LogP contribution in [-0.4, -0.2) is 18.0 Å². The highest BCUT2D eigenvalue weighted by Crippen LogP contribution is 2.24. The first-order valence-corrected chi connectivity index (χ1v) is 5.50. The largest absolute Gasteiger partial charge is 0.486 e. The van der Waals surface area contributed by atoms with Gasteiger partial charge in [-0.2, -0.15) is 5.26 Å². The van der Waals surface area contributed by atoms with Crippen molar-refractivity contribution >= 4 is 10.9 Å². The maximum Gasteiger partial charge on any atom is 0.272 e. The topological polar surface area (TPSA) is 65.9 Å². The number of fused-ring (bicyclic) bond motifs is 1. The van der Waals surface area contributed by atoms with Crippen LogP contribution in [0, 0.1) is 18.3 Å². The van der Waals surface area contributed by atoms with E-state index < -0.39 is 13.0 Å². The number of hydrogen-bond donors (Lipinski definition) is 1. The van der Waals surface area contributed by atoms with Crippen molar-refractivity contribution in [3.05, 3.63) is 39.7 Å². The minimum absolute atomic E-state index is 0.0369. The van der Waals surface area contributed by atoms with Gasteiger partial charge in [-0.25, -0.2) is 8.78 Å². The zero-order valence-corrected chi connectivity index (χ0v) is 10.0. The molecule has 1 N–H and O–H groups in total. The van der Waals surface area contributed by atoms with Crippen LogP contribution in [0.1, 0.15) is 11.1 Å². The molecular weight excluding hydrogens is 254 g/mol. The summed E-state index contributed by atoms with van der Waals surface area (Å²) in [5.41, 5.74) is 0.841. The van der Waals surface area contributed by atoms with E-state index in [9.17, 15) is 13.6 Å². The molecule has 0 aliphatic carbocycles. The summed E-state index contributed by atoms with van der Waals surface area (Å²) in [5, 5.41) is 9.63. The third-order valence-corrected chi connectivity index (χ3v) is 2.62. The minimum atomic E-state index is -2.63. The molecule has 2 rings (SSSR count). The van der Waals surface area contributed by atoms with Crippen LogP contribution in [0.15, 0.2) is 23.0 Å². The predicted octanol–water partition coefficient (Wildman–Crippen LogP) is 2.35. The number of nitrogens with zero attached hydrogens (tertiary/aromatic N) is 1. The molecule has 0 atom stereocenters. The van der Waals surface area contributed by atoms with E-state index in [1.54, 1.807) is 13.0 Å². The maximum atomic E-state index is 12.1. The second-order valence-electron chi connectivity index (χ2n) is 4.03. The Morgan fingerprint density at radius 3 is 2.79 bits per heavy atom. The summed E-state index contributed by atoms with van der Waals surface area (Å²) >= 11 is 0. The van der Waals surface area contributed by atoms with Crippen LogP contribution < -0.4 is 10.3 Å². The molecule has 0 unspecified atom stereocenters. The second-order valence-corrected chi connectivity index (χ2v) is 4.03. The molecule has 19 heavy (non-hydrogen) atoms. The lowest BCUT2D eigenvalue weighted by atomic mass is 10.1. The number of halogens is 2. The van der Waals surface area contributed by atoms with Gasteiger partial charge in [0.1, 0.15) is 18.4 Å². The van der Waals surface area contributed by atoms with Gasteiger partial charge in [-0.1, -0.05) is 0 Å². The Balaban J connectivity index is 2.55. The first-order valence-electron chi connectivity index (χ1n) is 5.50. The van der Waals surface area contributed by atoms with E-state index in [1.807, 2.05) is 6.07 Å². The Kier molecular flexibility index (Phi) is 3.47. The van der Waals surface area contributed by atoms with Crippen LogP contribution in [0.3, 0.4) is 0 Å². The van der Waals surface area contributed by atoms with Crippen molar-refractivity contribution in [1.82, 2.24) is 4.98 Å². The number of nitrogens with one attached hydrogen (secondary N) is 1. The van der Waals surface area contributed by atoms with E-state index in [0.29, 0.717) is 16.5 Å². The molecule has 6 heteroatoms. The number of H-pyrrole nitrogens is 1. The molecule has 0 spiro atoms. The van der Waals surface area contributed by atoms with Gasteiger partial charge in [-0.15, -0.1) is 0 Å². The SMILES string of the molecule is Cc1cc2cc(C#N)c(OCC(F)F)cc2[nH]c1=O. The molecule has 0 amide bonds. The molecule has 0 aliphatic heterocycles. The van der Waals surface area contributed by atoms with Gasteiger partial charge in [0, 0.05) is 17.0 Å². The first-order chi connectivity index (χ1) is 9.01. The normalized spacial score (nSPS) is 10.7. The Morgan fingerprint density at radius 1 is 1.42 bits per heavy atom. The zero-order chi connectivity index (χ0) is 14.0. The number of aromatic amines is 1. The molecule has 1 aromatic heterocycles. The number of rotatable bonds is 3. The third kappa shape index (κ3) is 2.71. The van der Waals surface area contributed by atoms with E-state index in [2.05, 4.69) is 4.98 Å². The van der Waals surface area contributed by atoms with Crippen LogP contribution in [0.25, 0.3) is 10.9 Å². The molecule has 0 radical (unpaired) electrons. The van der Waals surface area contributed by atoms with Gasteiger partial charge in [0.2, 0.25) is 0 Å². The highest BCUT2D eigenvalue weighted by Gasteiger charge is 2.10. The smallest absolute Gasteiger partial charge is 0.272 e. The summed E-state index contributed by atoms with van der Waals surface area (Å²) < 4.78 is 29.1. The van der Waals surface area contributed by atoms with Gasteiger partial charge in [-0.05, 0) is 19.1 Å². The van der Waals surface area contributed by atoms with Crippen molar-refractivity contribution in [2.45, 2.75) is 13.3 Å². The Bertz CT molecular complexity index is 717. The monoisotopic (exact) mass is 264 g/mol. The lowest BCUT2D eigenvalue weighted by Crippen LogP contribution is -2.10. The third-order valence-electron chi connectivity index (χ3n) is 2.62. The molecule has 98 valence electrons. The summed E-state index contributed by atoms with van der Waals surface area (Å²) in [6.07, 6.45) is -2.63. The standard InChI is InChI=1S/C13H10F2N2O2/c1-7-2-8-3-9(5-16)11(19-6-12(14)15)4-10(8)17-13(7)18/h2-4,12H,6H2,1H3,(H,17,18). The molecule has 4 nitrogen and oxygen atoms in total. The number of alkyl halides is 2. The summed E-state index contributed by atoms with van der Waals surface area (Å²) in [4.78, 5) is 14.1. The van der Waals surface area contributed by atoms with E-state index >= 15 is 0 Å². The minimum Gasteiger partial charge on any atom is -0.486 e. The van der Waals surface area contributed by atoms with Gasteiger partial charge >= 0.3 is 0 Å². The average molecular weight is 264 g/mol. The zero-order valence-electron chi connectivity index (χ0n) is 10.0. The number of benzene rings is 1. The average Bonchev–Trinajstić information content (AvgIpc) is 2.37. The Hall–Kier alpha value is -2.42. The summed E-state index contributed by atoms with van der Waals surface area (Å²) in [6, 6.07) is 6.40. The van der Waals surface area contributed by atoms with Gasteiger partial charge in [0.15, 0.2) is 0 Å². The summed E-state index contributed by atoms with van der Waals surface area (Å²) in [6.45, 7) is 0.849. The van der Waals surface area contributed by atoms with E-state index in [1.165, 1.54) is 12.1 Å². The number of pyridine rings is 1. The van der Waals surface area contributed by atoms with E-state index in [0.717, 1.165) is 0 Å². The first kappa shape index (κ1) is 13.0. The number of nitriles is 1. The highest BCUT2D eigenvalue weighted by molar-refractivity contribution is 5.82. The Morgan fingerprint density at radius 2 is 2.16 bits per heavy atom. The van der Waals surface area contributed by atoms with Crippen molar-refractivity contribution < 1.29 is 13.5 Å². The van der Waals surface area contributed by atoms with Crippen LogP contribution >= 0.6 is 0 Å². The van der Waals surface area contributed by atoms with Crippen molar-refractivity contribution in [2.75, 3.05) is 6.61 Å². The van der Waals surface area contributed by atoms with Crippen LogP contribution in [-0.2, 0) is 0 Å². The fourth-order valence-electron chi connectivity index (χ4n) is 1.70. The van der Waals surface area contributed by atoms with Crippen molar-refractivity contribution in [3.63, 3.8) is 0 Å². The van der Waals surface area contributed by atoms with Gasteiger partial charge < -0.3 is 9.72 Å². The lowest BCUT2D eigenvalue weighted by Gasteiger charge is -2.09. The molecule has 0 fully saturated rings. The number of hydrogen-bond acceptors (Lipinski definition) is 3. The summed E-state index contributed by atoms with van der Waals surface area (Å²) in [5.74, 6) is 0.0369. The molecule has 0 saturated heterocycles. The lowest BCUT2D eigenvalue weighted by molar-refractivity contribution is 0.0818. The van der Waals surface area contributed by atoms with Crippen LogP contribution in [0.5, 0.6) is 5.75 Å². The van der Waals surface area contributed by atoms with Gasteiger partial charge in [-0.3, -0.25) is 4.79 Å². The molecular formula is C13H10F2N2O2. The van der Waals surface area contributed by atoms with Crippen molar-refractivity contribution in [3.8, 4) is 11.8 Å². The second kappa shape index (κ2) is 5.06. The fraction of sp³-hybridized carbons (Fsp3) is 0.231. The van der Waals surface area contributed by atoms with Gasteiger partial charge in [0.25, 0.3) is 12.0 Å². The van der Waals surface area contributed by atoms with E-state index in [-0.39, 0.29) is 16.9 Å². The molecule has 0 saturated carbocycles. The fourth-order valence-corrected chi connectivity index (χ4v) is 1.70. The predicted molar refractivity (Wildman–Crippen MR) is 65.5 cm³/mol. The van der Waals surface area contributed by atoms with Crippen LogP contribution in [0.2, 0.25) is 0 Å². The molecule has 1 heterocycles. The highest BCUT2D eigenvalue weighted by atomic mass is 19.3. The Labute approximate surface area is 107 Å². The summed E-state index contributed by atoms with van der Waals surface area (Å²) in [7, 11) is 0. The molecule has 0 aliphatic rings. The van der Waals surface area contributed by atoms with Crippen molar-refractivity contribution in [2.24, 2.45) is 0 Å². The number of aryl methyl sites for hydroxylation is 1. The number of ether oxygens (including phenoxy) is 1. The number of aromatic nitrogens is 1. The van der Waals surface area contributed by atoms with E-state index in [4.69, 9.17) is 10.00 Å². The van der Waals surface area contributed by atoms with Crippen molar-refractivity contribution in [1.29, 1.82) is 5.26 Å². The van der Waals surface area contributed by atoms with Crippen LogP contribution in [0.4, 0.5) is 8.78 Å². The molecule has 0 bridgehead atoms.